The first-order chi connectivity index (χ1) is 10.3. The van der Waals surface area contributed by atoms with Gasteiger partial charge >= 0.3 is 0 Å². The molecule has 1 saturated carbocycles. The predicted molar refractivity (Wildman–Crippen MR) is 86.8 cm³/mol. The summed E-state index contributed by atoms with van der Waals surface area (Å²) in [6, 6.07) is 8.12. The van der Waals surface area contributed by atoms with Gasteiger partial charge in [0.05, 0.1) is 0 Å². The zero-order chi connectivity index (χ0) is 15.1. The summed E-state index contributed by atoms with van der Waals surface area (Å²) < 4.78 is 5.83. The molecule has 116 valence electrons. The number of hydrogen-bond donors (Lipinski definition) is 0. The van der Waals surface area contributed by atoms with Crippen molar-refractivity contribution in [3.05, 3.63) is 35.4 Å². The topological polar surface area (TPSA) is 26.3 Å². The number of rotatable bonds is 7. The lowest BCUT2D eigenvalue weighted by atomic mass is 9.82. The van der Waals surface area contributed by atoms with E-state index in [0.29, 0.717) is 12.5 Å². The summed E-state index contributed by atoms with van der Waals surface area (Å²) in [4.78, 5) is 12.8. The first-order valence-electron chi connectivity index (χ1n) is 8.51. The standard InChI is InChI=1S/C19H28O2/c1-3-8-15-11-13-16(14-12-15)18(20)19(21-4-2)17-9-6-5-7-10-17/h11-14,17,19H,3-10H2,1-2H3. The van der Waals surface area contributed by atoms with Crippen molar-refractivity contribution < 1.29 is 9.53 Å². The van der Waals surface area contributed by atoms with Gasteiger partial charge in [0.1, 0.15) is 6.10 Å². The molecule has 0 bridgehead atoms. The summed E-state index contributed by atoms with van der Waals surface area (Å²) in [5, 5.41) is 0. The molecule has 2 rings (SSSR count). The van der Waals surface area contributed by atoms with E-state index >= 15 is 0 Å². The Balaban J connectivity index is 2.09. The molecule has 2 heteroatoms. The number of hydrogen-bond acceptors (Lipinski definition) is 2. The molecule has 0 aromatic heterocycles. The lowest BCUT2D eigenvalue weighted by Gasteiger charge is -2.29. The van der Waals surface area contributed by atoms with E-state index in [0.717, 1.165) is 31.2 Å². The van der Waals surface area contributed by atoms with Gasteiger partial charge in [0.15, 0.2) is 5.78 Å². The van der Waals surface area contributed by atoms with Gasteiger partial charge in [-0.1, -0.05) is 56.9 Å². The minimum atomic E-state index is -0.243. The Hall–Kier alpha value is -1.15. The molecule has 1 fully saturated rings. The molecule has 2 nitrogen and oxygen atoms in total. The highest BCUT2D eigenvalue weighted by molar-refractivity contribution is 5.99. The highest BCUT2D eigenvalue weighted by Crippen LogP contribution is 2.29. The molecule has 1 atom stereocenters. The summed E-state index contributed by atoms with van der Waals surface area (Å²) in [7, 11) is 0. The van der Waals surface area contributed by atoms with Crippen LogP contribution in [0.5, 0.6) is 0 Å². The van der Waals surface area contributed by atoms with E-state index < -0.39 is 0 Å². The normalized spacial score (nSPS) is 17.6. The second-order valence-corrected chi connectivity index (χ2v) is 6.09. The van der Waals surface area contributed by atoms with Crippen LogP contribution in [0.25, 0.3) is 0 Å². The fourth-order valence-corrected chi connectivity index (χ4v) is 3.33. The van der Waals surface area contributed by atoms with E-state index in [9.17, 15) is 4.79 Å². The molecular formula is C19H28O2. The number of carbonyl (C=O) groups excluding carboxylic acids is 1. The molecule has 1 aromatic rings. The third-order valence-corrected chi connectivity index (χ3v) is 4.46. The first-order valence-corrected chi connectivity index (χ1v) is 8.51. The van der Waals surface area contributed by atoms with Gasteiger partial charge in [-0.3, -0.25) is 4.79 Å². The Bertz CT molecular complexity index is 429. The number of carbonyl (C=O) groups is 1. The van der Waals surface area contributed by atoms with Crippen molar-refractivity contribution in [2.75, 3.05) is 6.61 Å². The molecule has 0 radical (unpaired) electrons. The third kappa shape index (κ3) is 4.41. The third-order valence-electron chi connectivity index (χ3n) is 4.46. The van der Waals surface area contributed by atoms with E-state index in [1.165, 1.54) is 24.8 Å². The van der Waals surface area contributed by atoms with Crippen LogP contribution in [-0.4, -0.2) is 18.5 Å². The molecule has 21 heavy (non-hydrogen) atoms. The maximum absolute atomic E-state index is 12.8. The summed E-state index contributed by atoms with van der Waals surface area (Å²) in [6.45, 7) is 4.77. The SMILES string of the molecule is CCCc1ccc(C(=O)C(OCC)C2CCCCC2)cc1. The highest BCUT2D eigenvalue weighted by Gasteiger charge is 2.30. The quantitative estimate of drug-likeness (QED) is 0.673. The first kappa shape index (κ1) is 16.2. The molecular weight excluding hydrogens is 260 g/mol. The maximum Gasteiger partial charge on any atom is 0.191 e. The highest BCUT2D eigenvalue weighted by atomic mass is 16.5. The lowest BCUT2D eigenvalue weighted by molar-refractivity contribution is 0.0127. The van der Waals surface area contributed by atoms with Crippen LogP contribution in [-0.2, 0) is 11.2 Å². The van der Waals surface area contributed by atoms with Crippen molar-refractivity contribution in [2.24, 2.45) is 5.92 Å². The monoisotopic (exact) mass is 288 g/mol. The van der Waals surface area contributed by atoms with Gasteiger partial charge < -0.3 is 4.74 Å². The summed E-state index contributed by atoms with van der Waals surface area (Å²) in [5.74, 6) is 0.577. The summed E-state index contributed by atoms with van der Waals surface area (Å²) in [6.07, 6.45) is 7.99. The van der Waals surface area contributed by atoms with Crippen LogP contribution in [0.15, 0.2) is 24.3 Å². The molecule has 0 spiro atoms. The fourth-order valence-electron chi connectivity index (χ4n) is 3.33. The van der Waals surface area contributed by atoms with Crippen molar-refractivity contribution in [3.63, 3.8) is 0 Å². The Kier molecular flexibility index (Phi) is 6.44. The second kappa shape index (κ2) is 8.33. The van der Waals surface area contributed by atoms with Gasteiger partial charge in [-0.2, -0.15) is 0 Å². The van der Waals surface area contributed by atoms with Gasteiger partial charge in [-0.05, 0) is 37.7 Å². The zero-order valence-electron chi connectivity index (χ0n) is 13.4. The Labute approximate surface area is 128 Å². The van der Waals surface area contributed by atoms with E-state index in [1.807, 2.05) is 19.1 Å². The Morgan fingerprint density at radius 1 is 1.14 bits per heavy atom. The molecule has 0 heterocycles. The van der Waals surface area contributed by atoms with Crippen LogP contribution in [0.4, 0.5) is 0 Å². The van der Waals surface area contributed by atoms with Crippen LogP contribution >= 0.6 is 0 Å². The van der Waals surface area contributed by atoms with Crippen LogP contribution < -0.4 is 0 Å². The van der Waals surface area contributed by atoms with E-state index in [4.69, 9.17) is 4.74 Å². The van der Waals surface area contributed by atoms with Gasteiger partial charge in [0.2, 0.25) is 0 Å². The maximum atomic E-state index is 12.8. The molecule has 0 saturated heterocycles. The largest absolute Gasteiger partial charge is 0.370 e. The predicted octanol–water partition coefficient (Wildman–Crippen LogP) is 4.81. The van der Waals surface area contributed by atoms with Crippen molar-refractivity contribution in [1.29, 1.82) is 0 Å². The van der Waals surface area contributed by atoms with Crippen molar-refractivity contribution in [2.45, 2.75) is 64.9 Å². The van der Waals surface area contributed by atoms with Crippen molar-refractivity contribution in [3.8, 4) is 0 Å². The van der Waals surface area contributed by atoms with E-state index in [1.54, 1.807) is 0 Å². The second-order valence-electron chi connectivity index (χ2n) is 6.09. The van der Waals surface area contributed by atoms with E-state index in [2.05, 4.69) is 19.1 Å². The van der Waals surface area contributed by atoms with Crippen LogP contribution in [0.3, 0.4) is 0 Å². The van der Waals surface area contributed by atoms with E-state index in [-0.39, 0.29) is 11.9 Å². The average molecular weight is 288 g/mol. The van der Waals surface area contributed by atoms with Crippen LogP contribution in [0.2, 0.25) is 0 Å². The zero-order valence-corrected chi connectivity index (χ0v) is 13.4. The summed E-state index contributed by atoms with van der Waals surface area (Å²) >= 11 is 0. The Morgan fingerprint density at radius 2 is 1.81 bits per heavy atom. The van der Waals surface area contributed by atoms with Crippen LogP contribution in [0.1, 0.15) is 68.3 Å². The number of Topliss-reactive ketones (excluding diaryl/α,β-unsaturated/α-hetero) is 1. The number of ether oxygens (including phenoxy) is 1. The molecule has 1 aliphatic carbocycles. The van der Waals surface area contributed by atoms with Gasteiger partial charge in [-0.25, -0.2) is 0 Å². The molecule has 1 aromatic carbocycles. The van der Waals surface area contributed by atoms with Crippen molar-refractivity contribution >= 4 is 5.78 Å². The Morgan fingerprint density at radius 3 is 2.38 bits per heavy atom. The van der Waals surface area contributed by atoms with Crippen molar-refractivity contribution in [1.82, 2.24) is 0 Å². The molecule has 0 amide bonds. The lowest BCUT2D eigenvalue weighted by Crippen LogP contribution is -2.34. The number of benzene rings is 1. The molecule has 0 N–H and O–H groups in total. The van der Waals surface area contributed by atoms with Gasteiger partial charge in [0, 0.05) is 12.2 Å². The summed E-state index contributed by atoms with van der Waals surface area (Å²) in [5.41, 5.74) is 2.11. The molecule has 0 aliphatic heterocycles. The number of ketones is 1. The van der Waals surface area contributed by atoms with Gasteiger partial charge in [0.25, 0.3) is 0 Å². The average Bonchev–Trinajstić information content (AvgIpc) is 2.54. The molecule has 1 unspecified atom stereocenters. The fraction of sp³-hybridized carbons (Fsp3) is 0.632. The minimum absolute atomic E-state index is 0.173. The van der Waals surface area contributed by atoms with Gasteiger partial charge in [-0.15, -0.1) is 0 Å². The minimum Gasteiger partial charge on any atom is -0.370 e. The number of aryl methyl sites for hydroxylation is 1. The van der Waals surface area contributed by atoms with Crippen LogP contribution in [0, 0.1) is 5.92 Å². The molecule has 1 aliphatic rings. The smallest absolute Gasteiger partial charge is 0.191 e.